The summed E-state index contributed by atoms with van der Waals surface area (Å²) in [6.07, 6.45) is 4.91. The molecule has 4 heteroatoms. The lowest BCUT2D eigenvalue weighted by molar-refractivity contribution is 0.304. The second-order valence-corrected chi connectivity index (χ2v) is 6.27. The van der Waals surface area contributed by atoms with E-state index >= 15 is 0 Å². The van der Waals surface area contributed by atoms with Crippen molar-refractivity contribution in [1.29, 1.82) is 0 Å². The van der Waals surface area contributed by atoms with Crippen molar-refractivity contribution in [3.8, 4) is 0 Å². The highest BCUT2D eigenvalue weighted by molar-refractivity contribution is 8.78. The Bertz CT molecular complexity index is 97.5. The van der Waals surface area contributed by atoms with Crippen LogP contribution in [-0.4, -0.2) is 22.1 Å². The molecule has 1 fully saturated rings. The summed E-state index contributed by atoms with van der Waals surface area (Å²) >= 11 is 0. The van der Waals surface area contributed by atoms with Crippen LogP contribution >= 0.6 is 21.6 Å². The largest absolute Gasteiger partial charge is 0.424 e. The van der Waals surface area contributed by atoms with Crippen LogP contribution in [0.1, 0.15) is 12.8 Å². The van der Waals surface area contributed by atoms with Crippen molar-refractivity contribution in [3.63, 3.8) is 0 Å². The molecule has 0 bridgehead atoms. The van der Waals surface area contributed by atoms with E-state index < -0.39 is 0 Å². The van der Waals surface area contributed by atoms with Gasteiger partial charge in [-0.15, -0.1) is 0 Å². The zero-order chi connectivity index (χ0) is 7.78. The summed E-state index contributed by atoms with van der Waals surface area (Å²) in [5.41, 5.74) is 0. The van der Waals surface area contributed by atoms with E-state index in [2.05, 4.69) is 11.5 Å². The van der Waals surface area contributed by atoms with E-state index in [9.17, 15) is 0 Å². The van der Waals surface area contributed by atoms with Crippen molar-refractivity contribution in [3.05, 3.63) is 11.5 Å². The van der Waals surface area contributed by atoms with Crippen LogP contribution < -0.4 is 0 Å². The van der Waals surface area contributed by atoms with Crippen LogP contribution in [0.2, 0.25) is 6.04 Å². The SMILES string of the molecule is C1=CSSC1.C1CC[SiH2]OC1. The molecule has 0 spiro atoms. The van der Waals surface area contributed by atoms with E-state index in [-0.39, 0.29) is 9.76 Å². The predicted octanol–water partition coefficient (Wildman–Crippen LogP) is 2.19. The molecule has 2 aliphatic heterocycles. The maximum Gasteiger partial charge on any atom is 0.161 e. The molecule has 0 aliphatic carbocycles. The zero-order valence-electron chi connectivity index (χ0n) is 6.62. The molecule has 0 saturated carbocycles. The summed E-state index contributed by atoms with van der Waals surface area (Å²) in [6.45, 7) is 1.06. The molecular weight excluding hydrogens is 192 g/mol. The van der Waals surface area contributed by atoms with Gasteiger partial charge in [0.15, 0.2) is 9.76 Å². The zero-order valence-corrected chi connectivity index (χ0v) is 9.67. The van der Waals surface area contributed by atoms with Gasteiger partial charge in [0, 0.05) is 12.4 Å². The molecule has 0 unspecified atom stereocenters. The Morgan fingerprint density at radius 1 is 1.36 bits per heavy atom. The lowest BCUT2D eigenvalue weighted by Gasteiger charge is -2.07. The van der Waals surface area contributed by atoms with E-state index in [1.807, 2.05) is 21.6 Å². The molecule has 0 atom stereocenters. The molecule has 11 heavy (non-hydrogen) atoms. The van der Waals surface area contributed by atoms with Crippen molar-refractivity contribution in [1.82, 2.24) is 0 Å². The van der Waals surface area contributed by atoms with E-state index in [0.717, 1.165) is 6.61 Å². The molecule has 1 saturated heterocycles. The van der Waals surface area contributed by atoms with E-state index in [1.165, 1.54) is 24.6 Å². The number of hydrogen-bond donors (Lipinski definition) is 0. The molecule has 1 nitrogen and oxygen atoms in total. The maximum absolute atomic E-state index is 5.21. The molecule has 2 rings (SSSR count). The summed E-state index contributed by atoms with van der Waals surface area (Å²) in [5, 5.41) is 2.12. The van der Waals surface area contributed by atoms with E-state index in [0.29, 0.717) is 0 Å². The first-order valence-corrected chi connectivity index (χ1v) is 7.97. The van der Waals surface area contributed by atoms with Gasteiger partial charge in [0.1, 0.15) is 0 Å². The van der Waals surface area contributed by atoms with Gasteiger partial charge in [-0.3, -0.25) is 0 Å². The Hall–Kier alpha value is 0.617. The first-order valence-electron chi connectivity index (χ1n) is 4.01. The fraction of sp³-hybridized carbons (Fsp3) is 0.714. The van der Waals surface area contributed by atoms with Gasteiger partial charge >= 0.3 is 0 Å². The third-order valence-electron chi connectivity index (χ3n) is 1.46. The van der Waals surface area contributed by atoms with Gasteiger partial charge in [0.2, 0.25) is 0 Å². The second-order valence-electron chi connectivity index (χ2n) is 2.43. The highest BCUT2D eigenvalue weighted by Gasteiger charge is 1.96. The highest BCUT2D eigenvalue weighted by atomic mass is 33.1. The lowest BCUT2D eigenvalue weighted by atomic mass is 10.4. The quantitative estimate of drug-likeness (QED) is 0.444. The van der Waals surface area contributed by atoms with Crippen LogP contribution in [0.15, 0.2) is 11.5 Å². The van der Waals surface area contributed by atoms with Gasteiger partial charge in [0.05, 0.1) is 0 Å². The molecule has 0 aromatic heterocycles. The van der Waals surface area contributed by atoms with Crippen LogP contribution in [0, 0.1) is 0 Å². The molecule has 0 amide bonds. The lowest BCUT2D eigenvalue weighted by Crippen LogP contribution is -2.06. The molecule has 0 N–H and O–H groups in total. The summed E-state index contributed by atoms with van der Waals surface area (Å²) in [7, 11) is 3.70. The fourth-order valence-electron chi connectivity index (χ4n) is 0.884. The Balaban J connectivity index is 0.000000112. The highest BCUT2D eigenvalue weighted by Crippen LogP contribution is 2.27. The van der Waals surface area contributed by atoms with Gasteiger partial charge < -0.3 is 4.43 Å². The van der Waals surface area contributed by atoms with Gasteiger partial charge in [-0.2, -0.15) is 0 Å². The number of rotatable bonds is 0. The summed E-state index contributed by atoms with van der Waals surface area (Å²) < 4.78 is 5.21. The minimum absolute atomic E-state index is 0.00849. The minimum atomic E-state index is 0.00849. The van der Waals surface area contributed by atoms with Gasteiger partial charge in [-0.25, -0.2) is 0 Å². The van der Waals surface area contributed by atoms with Crippen LogP contribution in [0.5, 0.6) is 0 Å². The molecule has 64 valence electrons. The average Bonchev–Trinajstić information content (AvgIpc) is 2.64. The molecule has 0 aromatic rings. The monoisotopic (exact) mass is 206 g/mol. The van der Waals surface area contributed by atoms with Crippen molar-refractivity contribution < 1.29 is 4.43 Å². The van der Waals surface area contributed by atoms with Crippen molar-refractivity contribution in [2.45, 2.75) is 18.9 Å². The smallest absolute Gasteiger partial charge is 0.161 e. The van der Waals surface area contributed by atoms with Crippen LogP contribution in [0.4, 0.5) is 0 Å². The van der Waals surface area contributed by atoms with E-state index in [1.54, 1.807) is 0 Å². The van der Waals surface area contributed by atoms with Gasteiger partial charge in [0.25, 0.3) is 0 Å². The predicted molar refractivity (Wildman–Crippen MR) is 57.7 cm³/mol. The Morgan fingerprint density at radius 3 is 2.55 bits per heavy atom. The van der Waals surface area contributed by atoms with Gasteiger partial charge in [-0.1, -0.05) is 34.1 Å². The second kappa shape index (κ2) is 7.28. The fourth-order valence-corrected chi connectivity index (χ4v) is 3.62. The van der Waals surface area contributed by atoms with Crippen molar-refractivity contribution in [2.75, 3.05) is 12.4 Å². The summed E-state index contributed by atoms with van der Waals surface area (Å²) in [5.74, 6) is 1.20. The Labute approximate surface area is 78.7 Å². The summed E-state index contributed by atoms with van der Waals surface area (Å²) in [6, 6.07) is 1.42. The van der Waals surface area contributed by atoms with Crippen molar-refractivity contribution >= 4 is 31.4 Å². The van der Waals surface area contributed by atoms with Crippen LogP contribution in [-0.2, 0) is 4.43 Å². The first kappa shape index (κ1) is 9.70. The third-order valence-corrected chi connectivity index (χ3v) is 4.75. The summed E-state index contributed by atoms with van der Waals surface area (Å²) in [4.78, 5) is 0. The molecule has 0 aromatic carbocycles. The molecular formula is C7H14OS2Si. The average molecular weight is 206 g/mol. The van der Waals surface area contributed by atoms with Crippen LogP contribution in [0.3, 0.4) is 0 Å². The maximum atomic E-state index is 5.21. The van der Waals surface area contributed by atoms with Crippen molar-refractivity contribution in [2.24, 2.45) is 0 Å². The topological polar surface area (TPSA) is 9.23 Å². The van der Waals surface area contributed by atoms with Gasteiger partial charge in [-0.05, 0) is 17.9 Å². The van der Waals surface area contributed by atoms with E-state index in [4.69, 9.17) is 4.43 Å². The molecule has 2 aliphatic rings. The Kier molecular flexibility index (Phi) is 6.42. The minimum Gasteiger partial charge on any atom is -0.424 e. The Morgan fingerprint density at radius 2 is 2.36 bits per heavy atom. The number of hydrogen-bond acceptors (Lipinski definition) is 3. The molecule has 2 heterocycles. The normalized spacial score (nSPS) is 24.7. The first-order chi connectivity index (χ1) is 5.50. The van der Waals surface area contributed by atoms with Crippen LogP contribution in [0.25, 0.3) is 0 Å². The molecule has 0 radical (unpaired) electrons. The standard InChI is InChI=1S/C4H10OSi.C3H4S2/c1-2-4-6-5-3-1;1-2-4-5-3-1/h1-4,6H2;1-2H,3H2. The third kappa shape index (κ3) is 5.84.